The van der Waals surface area contributed by atoms with Gasteiger partial charge in [0.25, 0.3) is 0 Å². The lowest BCUT2D eigenvalue weighted by Crippen LogP contribution is -2.15. The average molecular weight is 226 g/mol. The van der Waals surface area contributed by atoms with Crippen LogP contribution in [0.2, 0.25) is 0 Å². The Morgan fingerprint density at radius 1 is 1.12 bits per heavy atom. The molecule has 0 saturated heterocycles. The van der Waals surface area contributed by atoms with E-state index in [1.54, 1.807) is 0 Å². The van der Waals surface area contributed by atoms with Crippen molar-refractivity contribution < 1.29 is 0 Å². The van der Waals surface area contributed by atoms with E-state index in [-0.39, 0.29) is 6.04 Å². The third-order valence-corrected chi connectivity index (χ3v) is 2.83. The summed E-state index contributed by atoms with van der Waals surface area (Å²) in [6.45, 7) is 4.09. The monoisotopic (exact) mass is 226 g/mol. The zero-order chi connectivity index (χ0) is 12.3. The van der Waals surface area contributed by atoms with E-state index in [1.165, 1.54) is 11.1 Å². The lowest BCUT2D eigenvalue weighted by atomic mass is 10.0. The molecule has 0 bridgehead atoms. The first-order chi connectivity index (χ1) is 8.15. The first-order valence-electron chi connectivity index (χ1n) is 5.90. The van der Waals surface area contributed by atoms with Gasteiger partial charge in [0, 0.05) is 5.69 Å². The lowest BCUT2D eigenvalue weighted by molar-refractivity contribution is 0.693. The number of hydrogen-bond acceptors (Lipinski definition) is 2. The maximum atomic E-state index is 6.18. The molecule has 0 saturated carbocycles. The molecule has 2 nitrogen and oxygen atoms in total. The summed E-state index contributed by atoms with van der Waals surface area (Å²) < 4.78 is 0. The van der Waals surface area contributed by atoms with Crippen molar-refractivity contribution in [3.8, 4) is 0 Å². The summed E-state index contributed by atoms with van der Waals surface area (Å²) in [6, 6.07) is 14.4. The second-order valence-corrected chi connectivity index (χ2v) is 4.50. The highest BCUT2D eigenvalue weighted by molar-refractivity contribution is 5.24. The molecule has 0 aliphatic rings. The summed E-state index contributed by atoms with van der Waals surface area (Å²) in [5.74, 6) is 0. The van der Waals surface area contributed by atoms with Gasteiger partial charge in [-0.15, -0.1) is 0 Å². The molecule has 1 unspecified atom stereocenters. The van der Waals surface area contributed by atoms with Crippen LogP contribution in [-0.4, -0.2) is 4.98 Å². The van der Waals surface area contributed by atoms with E-state index in [2.05, 4.69) is 36.2 Å². The predicted octanol–water partition coefficient (Wildman–Crippen LogP) is 2.94. The number of aryl methyl sites for hydroxylation is 2. The minimum Gasteiger partial charge on any atom is -0.322 e. The third kappa shape index (κ3) is 3.14. The van der Waals surface area contributed by atoms with E-state index >= 15 is 0 Å². The SMILES string of the molecule is Cc1cccc(CC(N)c2cccc(C)n2)c1. The smallest absolute Gasteiger partial charge is 0.0577 e. The van der Waals surface area contributed by atoms with E-state index in [0.29, 0.717) is 0 Å². The Morgan fingerprint density at radius 3 is 2.59 bits per heavy atom. The molecular formula is C15H18N2. The van der Waals surface area contributed by atoms with Gasteiger partial charge in [-0.1, -0.05) is 35.9 Å². The van der Waals surface area contributed by atoms with E-state index in [0.717, 1.165) is 17.8 Å². The quantitative estimate of drug-likeness (QED) is 0.874. The fraction of sp³-hybridized carbons (Fsp3) is 0.267. The number of hydrogen-bond donors (Lipinski definition) is 1. The second kappa shape index (κ2) is 5.11. The van der Waals surface area contributed by atoms with E-state index < -0.39 is 0 Å². The van der Waals surface area contributed by atoms with Crippen molar-refractivity contribution in [2.75, 3.05) is 0 Å². The van der Waals surface area contributed by atoms with Crippen molar-refractivity contribution in [1.82, 2.24) is 4.98 Å². The minimum atomic E-state index is -0.0308. The molecule has 1 aromatic carbocycles. The molecule has 2 N–H and O–H groups in total. The zero-order valence-electron chi connectivity index (χ0n) is 10.4. The van der Waals surface area contributed by atoms with Crippen LogP contribution < -0.4 is 5.73 Å². The van der Waals surface area contributed by atoms with Gasteiger partial charge in [-0.2, -0.15) is 0 Å². The Kier molecular flexibility index (Phi) is 3.55. The molecule has 0 aliphatic heterocycles. The van der Waals surface area contributed by atoms with Crippen molar-refractivity contribution in [3.63, 3.8) is 0 Å². The number of nitrogens with two attached hydrogens (primary N) is 1. The van der Waals surface area contributed by atoms with Gasteiger partial charge in [0.1, 0.15) is 0 Å². The van der Waals surface area contributed by atoms with Gasteiger partial charge < -0.3 is 5.73 Å². The molecule has 1 aromatic heterocycles. The largest absolute Gasteiger partial charge is 0.322 e. The van der Waals surface area contributed by atoms with Crippen LogP contribution in [-0.2, 0) is 6.42 Å². The highest BCUT2D eigenvalue weighted by atomic mass is 14.8. The van der Waals surface area contributed by atoms with Gasteiger partial charge in [-0.3, -0.25) is 4.98 Å². The van der Waals surface area contributed by atoms with Crippen LogP contribution in [0.1, 0.15) is 28.6 Å². The normalized spacial score (nSPS) is 12.4. The molecule has 2 heteroatoms. The van der Waals surface area contributed by atoms with Crippen LogP contribution in [0.3, 0.4) is 0 Å². The van der Waals surface area contributed by atoms with Gasteiger partial charge in [0.15, 0.2) is 0 Å². The summed E-state index contributed by atoms with van der Waals surface area (Å²) >= 11 is 0. The first kappa shape index (κ1) is 11.8. The Bertz CT molecular complexity index is 506. The third-order valence-electron chi connectivity index (χ3n) is 2.83. The highest BCUT2D eigenvalue weighted by Gasteiger charge is 2.08. The standard InChI is InChI=1S/C15H18N2/c1-11-5-3-7-13(9-11)10-14(16)15-8-4-6-12(2)17-15/h3-9,14H,10,16H2,1-2H3. The fourth-order valence-electron chi connectivity index (χ4n) is 1.97. The molecule has 1 atom stereocenters. The van der Waals surface area contributed by atoms with Crippen molar-refractivity contribution in [3.05, 3.63) is 65.0 Å². The Balaban J connectivity index is 2.14. The molecule has 0 amide bonds. The number of nitrogens with zero attached hydrogens (tertiary/aromatic N) is 1. The van der Waals surface area contributed by atoms with Gasteiger partial charge in [-0.05, 0) is 38.0 Å². The van der Waals surface area contributed by atoms with Crippen molar-refractivity contribution in [1.29, 1.82) is 0 Å². The average Bonchev–Trinajstić information content (AvgIpc) is 2.29. The first-order valence-corrected chi connectivity index (χ1v) is 5.90. The van der Waals surface area contributed by atoms with Gasteiger partial charge in [0.05, 0.1) is 11.7 Å². The topological polar surface area (TPSA) is 38.9 Å². The highest BCUT2D eigenvalue weighted by Crippen LogP contribution is 2.15. The maximum absolute atomic E-state index is 6.18. The van der Waals surface area contributed by atoms with Gasteiger partial charge in [-0.25, -0.2) is 0 Å². The molecule has 0 radical (unpaired) electrons. The van der Waals surface area contributed by atoms with Crippen LogP contribution in [0.5, 0.6) is 0 Å². The van der Waals surface area contributed by atoms with Crippen LogP contribution in [0.4, 0.5) is 0 Å². The molecule has 0 spiro atoms. The number of rotatable bonds is 3. The van der Waals surface area contributed by atoms with E-state index in [4.69, 9.17) is 5.73 Å². The van der Waals surface area contributed by atoms with Crippen LogP contribution in [0, 0.1) is 13.8 Å². The fourth-order valence-corrected chi connectivity index (χ4v) is 1.97. The summed E-state index contributed by atoms with van der Waals surface area (Å²) in [6.07, 6.45) is 0.831. The molecule has 17 heavy (non-hydrogen) atoms. The number of aromatic nitrogens is 1. The number of pyridine rings is 1. The van der Waals surface area contributed by atoms with Crippen molar-refractivity contribution in [2.24, 2.45) is 5.73 Å². The van der Waals surface area contributed by atoms with E-state index in [1.807, 2.05) is 25.1 Å². The summed E-state index contributed by atoms with van der Waals surface area (Å²) in [4.78, 5) is 4.47. The molecule has 0 aliphatic carbocycles. The molecule has 1 heterocycles. The second-order valence-electron chi connectivity index (χ2n) is 4.50. The van der Waals surface area contributed by atoms with Crippen molar-refractivity contribution in [2.45, 2.75) is 26.3 Å². The molecule has 2 aromatic rings. The predicted molar refractivity (Wildman–Crippen MR) is 70.8 cm³/mol. The Morgan fingerprint density at radius 2 is 1.88 bits per heavy atom. The Hall–Kier alpha value is -1.67. The van der Waals surface area contributed by atoms with Crippen molar-refractivity contribution >= 4 is 0 Å². The Labute approximate surface area is 103 Å². The molecule has 88 valence electrons. The molecule has 2 rings (SSSR count). The summed E-state index contributed by atoms with van der Waals surface area (Å²) in [5.41, 5.74) is 10.7. The van der Waals surface area contributed by atoms with Crippen LogP contribution >= 0.6 is 0 Å². The molecule has 0 fully saturated rings. The summed E-state index contributed by atoms with van der Waals surface area (Å²) in [5, 5.41) is 0. The minimum absolute atomic E-state index is 0.0308. The lowest BCUT2D eigenvalue weighted by Gasteiger charge is -2.12. The maximum Gasteiger partial charge on any atom is 0.0577 e. The zero-order valence-corrected chi connectivity index (χ0v) is 10.4. The van der Waals surface area contributed by atoms with Crippen LogP contribution in [0.15, 0.2) is 42.5 Å². The van der Waals surface area contributed by atoms with Gasteiger partial charge in [0.2, 0.25) is 0 Å². The van der Waals surface area contributed by atoms with Gasteiger partial charge >= 0.3 is 0 Å². The summed E-state index contributed by atoms with van der Waals surface area (Å²) in [7, 11) is 0. The van der Waals surface area contributed by atoms with E-state index in [9.17, 15) is 0 Å². The number of benzene rings is 1. The van der Waals surface area contributed by atoms with Crippen LogP contribution in [0.25, 0.3) is 0 Å². The molecular weight excluding hydrogens is 208 g/mol.